The second-order valence-electron chi connectivity index (χ2n) is 3.87. The van der Waals surface area contributed by atoms with Crippen LogP contribution in [0, 0.1) is 12.7 Å². The van der Waals surface area contributed by atoms with E-state index in [9.17, 15) is 14.3 Å². The molecule has 0 fully saturated rings. The number of aliphatic hydroxyl groups is 1. The van der Waals surface area contributed by atoms with E-state index < -0.39 is 17.2 Å². The third-order valence-electron chi connectivity index (χ3n) is 1.92. The van der Waals surface area contributed by atoms with Crippen LogP contribution in [0.15, 0.2) is 18.2 Å². The molecule has 76 valence electrons. The molecule has 0 saturated carbocycles. The van der Waals surface area contributed by atoms with Gasteiger partial charge < -0.3 is 5.11 Å². The molecule has 0 heterocycles. The summed E-state index contributed by atoms with van der Waals surface area (Å²) in [5.74, 6) is -1.19. The Balaban J connectivity index is 3.19. The van der Waals surface area contributed by atoms with Crippen molar-refractivity contribution >= 4 is 5.78 Å². The van der Waals surface area contributed by atoms with Gasteiger partial charge in [0.2, 0.25) is 0 Å². The first-order valence-electron chi connectivity index (χ1n) is 4.35. The van der Waals surface area contributed by atoms with Crippen LogP contribution in [0.4, 0.5) is 4.39 Å². The quantitative estimate of drug-likeness (QED) is 0.735. The molecule has 1 rings (SSSR count). The minimum atomic E-state index is -1.53. The van der Waals surface area contributed by atoms with Crippen molar-refractivity contribution in [3.8, 4) is 0 Å². The molecule has 0 spiro atoms. The molecule has 0 aliphatic heterocycles. The molecule has 1 aromatic carbocycles. The highest BCUT2D eigenvalue weighted by molar-refractivity contribution is 6.02. The van der Waals surface area contributed by atoms with Gasteiger partial charge in [-0.1, -0.05) is 11.6 Å². The Morgan fingerprint density at radius 2 is 2.00 bits per heavy atom. The van der Waals surface area contributed by atoms with Crippen LogP contribution >= 0.6 is 0 Å². The number of hydrogen-bond donors (Lipinski definition) is 1. The van der Waals surface area contributed by atoms with Crippen LogP contribution < -0.4 is 0 Å². The van der Waals surface area contributed by atoms with E-state index in [2.05, 4.69) is 0 Å². The van der Waals surface area contributed by atoms with Gasteiger partial charge in [-0.15, -0.1) is 0 Å². The highest BCUT2D eigenvalue weighted by Crippen LogP contribution is 2.17. The number of carbonyl (C=O) groups excluding carboxylic acids is 1. The summed E-state index contributed by atoms with van der Waals surface area (Å²) >= 11 is 0. The molecule has 0 atom stereocenters. The van der Waals surface area contributed by atoms with Gasteiger partial charge in [-0.2, -0.15) is 0 Å². The molecule has 0 aliphatic carbocycles. The van der Waals surface area contributed by atoms with Gasteiger partial charge in [0.1, 0.15) is 11.4 Å². The SMILES string of the molecule is Cc1ccc(F)c(C(=O)C(C)(C)O)c1. The number of aryl methyl sites for hydroxylation is 1. The summed E-state index contributed by atoms with van der Waals surface area (Å²) in [7, 11) is 0. The van der Waals surface area contributed by atoms with Gasteiger partial charge in [-0.05, 0) is 32.9 Å². The Hall–Kier alpha value is -1.22. The van der Waals surface area contributed by atoms with Crippen LogP contribution in [0.3, 0.4) is 0 Å². The third kappa shape index (κ3) is 2.17. The van der Waals surface area contributed by atoms with Crippen LogP contribution in [0.1, 0.15) is 29.8 Å². The molecule has 0 bridgehead atoms. The summed E-state index contributed by atoms with van der Waals surface area (Å²) in [6, 6.07) is 4.25. The monoisotopic (exact) mass is 196 g/mol. The number of hydrogen-bond acceptors (Lipinski definition) is 2. The highest BCUT2D eigenvalue weighted by atomic mass is 19.1. The van der Waals surface area contributed by atoms with E-state index in [0.717, 1.165) is 5.56 Å². The fourth-order valence-electron chi connectivity index (χ4n) is 1.14. The standard InChI is InChI=1S/C11H13FO2/c1-7-4-5-9(12)8(6-7)10(13)11(2,3)14/h4-6,14H,1-3H3. The van der Waals surface area contributed by atoms with E-state index in [1.165, 1.54) is 26.0 Å². The highest BCUT2D eigenvalue weighted by Gasteiger charge is 2.27. The molecular formula is C11H13FO2. The molecular weight excluding hydrogens is 183 g/mol. The van der Waals surface area contributed by atoms with Gasteiger partial charge >= 0.3 is 0 Å². The van der Waals surface area contributed by atoms with E-state index in [1.807, 2.05) is 0 Å². The predicted octanol–water partition coefficient (Wildman–Crippen LogP) is 2.09. The van der Waals surface area contributed by atoms with Crippen molar-refractivity contribution in [3.05, 3.63) is 35.1 Å². The predicted molar refractivity (Wildman–Crippen MR) is 51.8 cm³/mol. The molecule has 2 nitrogen and oxygen atoms in total. The molecule has 0 saturated heterocycles. The molecule has 0 amide bonds. The normalized spacial score (nSPS) is 11.5. The average Bonchev–Trinajstić information content (AvgIpc) is 2.06. The topological polar surface area (TPSA) is 37.3 Å². The van der Waals surface area contributed by atoms with Gasteiger partial charge in [0.25, 0.3) is 0 Å². The van der Waals surface area contributed by atoms with Crippen molar-refractivity contribution in [2.24, 2.45) is 0 Å². The molecule has 1 N–H and O–H groups in total. The summed E-state index contributed by atoms with van der Waals surface area (Å²) in [6.07, 6.45) is 0. The van der Waals surface area contributed by atoms with E-state index >= 15 is 0 Å². The average molecular weight is 196 g/mol. The number of halogens is 1. The van der Waals surface area contributed by atoms with Gasteiger partial charge in [-0.3, -0.25) is 4.79 Å². The lowest BCUT2D eigenvalue weighted by atomic mass is 9.95. The Bertz CT molecular complexity index is 364. The zero-order valence-corrected chi connectivity index (χ0v) is 8.47. The Morgan fingerprint density at radius 3 is 2.50 bits per heavy atom. The lowest BCUT2D eigenvalue weighted by Crippen LogP contribution is -2.31. The van der Waals surface area contributed by atoms with Crippen molar-refractivity contribution in [3.63, 3.8) is 0 Å². The van der Waals surface area contributed by atoms with Gasteiger partial charge in [0, 0.05) is 0 Å². The van der Waals surface area contributed by atoms with Crippen LogP contribution in [0.2, 0.25) is 0 Å². The van der Waals surface area contributed by atoms with Crippen LogP contribution in [-0.4, -0.2) is 16.5 Å². The van der Waals surface area contributed by atoms with Crippen LogP contribution in [0.5, 0.6) is 0 Å². The Labute approximate surface area is 82.4 Å². The number of Topliss-reactive ketones (excluding diaryl/α,β-unsaturated/α-hetero) is 1. The zero-order valence-electron chi connectivity index (χ0n) is 8.47. The minimum absolute atomic E-state index is 0.0579. The van der Waals surface area contributed by atoms with Crippen molar-refractivity contribution in [1.29, 1.82) is 0 Å². The van der Waals surface area contributed by atoms with Crippen molar-refractivity contribution < 1.29 is 14.3 Å². The minimum Gasteiger partial charge on any atom is -0.382 e. The van der Waals surface area contributed by atoms with Gasteiger partial charge in [0.15, 0.2) is 5.78 Å². The maximum Gasteiger partial charge on any atom is 0.196 e. The van der Waals surface area contributed by atoms with E-state index in [1.54, 1.807) is 13.0 Å². The molecule has 0 aliphatic rings. The maximum atomic E-state index is 13.2. The molecule has 0 unspecified atom stereocenters. The Morgan fingerprint density at radius 1 is 1.43 bits per heavy atom. The van der Waals surface area contributed by atoms with Gasteiger partial charge in [-0.25, -0.2) is 4.39 Å². The maximum absolute atomic E-state index is 13.2. The number of ketones is 1. The van der Waals surface area contributed by atoms with Crippen molar-refractivity contribution in [2.75, 3.05) is 0 Å². The Kier molecular flexibility index (Phi) is 2.71. The summed E-state index contributed by atoms with van der Waals surface area (Å²) < 4.78 is 13.2. The number of benzene rings is 1. The lowest BCUT2D eigenvalue weighted by molar-refractivity contribution is 0.0483. The molecule has 14 heavy (non-hydrogen) atoms. The molecule has 0 radical (unpaired) electrons. The van der Waals surface area contributed by atoms with E-state index in [0.29, 0.717) is 0 Å². The first-order valence-corrected chi connectivity index (χ1v) is 4.35. The van der Waals surface area contributed by atoms with Crippen molar-refractivity contribution in [1.82, 2.24) is 0 Å². The second-order valence-corrected chi connectivity index (χ2v) is 3.87. The van der Waals surface area contributed by atoms with Crippen LogP contribution in [0.25, 0.3) is 0 Å². The lowest BCUT2D eigenvalue weighted by Gasteiger charge is -2.16. The second kappa shape index (κ2) is 3.50. The summed E-state index contributed by atoms with van der Waals surface area (Å²) in [6.45, 7) is 4.45. The van der Waals surface area contributed by atoms with Gasteiger partial charge in [0.05, 0.1) is 5.56 Å². The first-order chi connectivity index (χ1) is 6.32. The molecule has 1 aromatic rings. The summed E-state index contributed by atoms with van der Waals surface area (Å²) in [4.78, 5) is 11.5. The third-order valence-corrected chi connectivity index (χ3v) is 1.92. The molecule has 0 aromatic heterocycles. The molecule has 3 heteroatoms. The van der Waals surface area contributed by atoms with Crippen molar-refractivity contribution in [2.45, 2.75) is 26.4 Å². The summed E-state index contributed by atoms with van der Waals surface area (Å²) in [5, 5.41) is 9.44. The summed E-state index contributed by atoms with van der Waals surface area (Å²) in [5.41, 5.74) is -0.800. The zero-order chi connectivity index (χ0) is 10.9. The largest absolute Gasteiger partial charge is 0.382 e. The number of carbonyl (C=O) groups is 1. The first kappa shape index (κ1) is 10.9. The van der Waals surface area contributed by atoms with Crippen LogP contribution in [-0.2, 0) is 0 Å². The number of rotatable bonds is 2. The van der Waals surface area contributed by atoms with E-state index in [-0.39, 0.29) is 5.56 Å². The fraction of sp³-hybridized carbons (Fsp3) is 0.364. The fourth-order valence-corrected chi connectivity index (χ4v) is 1.14. The van der Waals surface area contributed by atoms with E-state index in [4.69, 9.17) is 0 Å². The smallest absolute Gasteiger partial charge is 0.196 e.